The van der Waals surface area contributed by atoms with Crippen molar-refractivity contribution < 1.29 is 8.81 Å². The molecule has 72 valence electrons. The van der Waals surface area contributed by atoms with Crippen LogP contribution in [-0.2, 0) is 0 Å². The number of hydrogen-bond donors (Lipinski definition) is 0. The zero-order valence-corrected chi connectivity index (χ0v) is 8.18. The normalized spacial score (nSPS) is 10.5. The van der Waals surface area contributed by atoms with Crippen LogP contribution < -0.4 is 0 Å². The maximum Gasteiger partial charge on any atom is 0.191 e. The summed E-state index contributed by atoms with van der Waals surface area (Å²) in [5.41, 5.74) is 0.332. The molecule has 2 rings (SSSR count). The summed E-state index contributed by atoms with van der Waals surface area (Å²) in [5, 5.41) is 0.468. The zero-order chi connectivity index (χ0) is 10.1. The molecular weight excluding hydrogens is 205 g/mol. The average Bonchev–Trinajstić information content (AvgIpc) is 2.56. The van der Waals surface area contributed by atoms with E-state index in [9.17, 15) is 4.39 Å². The van der Waals surface area contributed by atoms with Crippen LogP contribution in [0.4, 0.5) is 4.39 Å². The molecule has 14 heavy (non-hydrogen) atoms. The number of aryl methyl sites for hydroxylation is 1. The van der Waals surface area contributed by atoms with Crippen LogP contribution in [0.5, 0.6) is 0 Å². The van der Waals surface area contributed by atoms with Gasteiger partial charge in [-0.25, -0.2) is 9.37 Å². The number of hydrogen-bond acceptors (Lipinski definition) is 2. The highest BCUT2D eigenvalue weighted by molar-refractivity contribution is 6.30. The summed E-state index contributed by atoms with van der Waals surface area (Å²) in [4.78, 5) is 3.89. The molecule has 0 radical (unpaired) electrons. The van der Waals surface area contributed by atoms with Gasteiger partial charge in [-0.2, -0.15) is 0 Å². The Morgan fingerprint density at radius 1 is 1.43 bits per heavy atom. The number of oxazole rings is 1. The second-order valence-electron chi connectivity index (χ2n) is 2.87. The van der Waals surface area contributed by atoms with Crippen LogP contribution in [-0.4, -0.2) is 4.98 Å². The van der Waals surface area contributed by atoms with E-state index in [4.69, 9.17) is 16.0 Å². The molecule has 0 saturated heterocycles. The maximum atomic E-state index is 13.3. The van der Waals surface area contributed by atoms with Gasteiger partial charge in [0.25, 0.3) is 0 Å². The predicted molar refractivity (Wildman–Crippen MR) is 51.6 cm³/mol. The number of benzene rings is 1. The molecule has 1 aromatic heterocycles. The monoisotopic (exact) mass is 211 g/mol. The molecular formula is C10H7ClFNO. The van der Waals surface area contributed by atoms with E-state index in [1.54, 1.807) is 6.92 Å². The van der Waals surface area contributed by atoms with Crippen molar-refractivity contribution in [1.29, 1.82) is 0 Å². The van der Waals surface area contributed by atoms with Gasteiger partial charge in [-0.3, -0.25) is 0 Å². The van der Waals surface area contributed by atoms with Gasteiger partial charge < -0.3 is 4.42 Å². The molecule has 0 bridgehead atoms. The number of halogens is 2. The number of rotatable bonds is 1. The Hall–Kier alpha value is -1.35. The van der Waals surface area contributed by atoms with Crippen molar-refractivity contribution in [2.75, 3.05) is 0 Å². The largest absolute Gasteiger partial charge is 0.441 e. The summed E-state index contributed by atoms with van der Waals surface area (Å²) in [5.74, 6) is 0.521. The summed E-state index contributed by atoms with van der Waals surface area (Å²) in [7, 11) is 0. The van der Waals surface area contributed by atoms with Crippen molar-refractivity contribution in [3.05, 3.63) is 41.1 Å². The van der Waals surface area contributed by atoms with Crippen LogP contribution >= 0.6 is 11.6 Å². The third kappa shape index (κ3) is 1.63. The van der Waals surface area contributed by atoms with Crippen LogP contribution in [0.2, 0.25) is 5.02 Å². The molecule has 0 aliphatic rings. The fraction of sp³-hybridized carbons (Fsp3) is 0.100. The minimum atomic E-state index is -0.370. The molecule has 0 aliphatic carbocycles. The van der Waals surface area contributed by atoms with Crippen molar-refractivity contribution in [3.63, 3.8) is 0 Å². The average molecular weight is 212 g/mol. The number of aromatic nitrogens is 1. The van der Waals surface area contributed by atoms with E-state index in [0.717, 1.165) is 0 Å². The number of nitrogens with zero attached hydrogens (tertiary/aromatic N) is 1. The molecule has 2 aromatic rings. The Bertz CT molecular complexity index is 467. The van der Waals surface area contributed by atoms with Crippen molar-refractivity contribution in [1.82, 2.24) is 4.98 Å². The van der Waals surface area contributed by atoms with E-state index in [2.05, 4.69) is 4.98 Å². The van der Waals surface area contributed by atoms with Crippen molar-refractivity contribution in [2.24, 2.45) is 0 Å². The molecule has 1 aromatic carbocycles. The van der Waals surface area contributed by atoms with E-state index in [1.165, 1.54) is 24.4 Å². The van der Waals surface area contributed by atoms with Crippen LogP contribution in [0, 0.1) is 12.7 Å². The highest BCUT2D eigenvalue weighted by Gasteiger charge is 2.09. The molecule has 0 spiro atoms. The SMILES string of the molecule is Cc1ncc(-c2cc(Cl)ccc2F)o1. The van der Waals surface area contributed by atoms with Gasteiger partial charge in [-0.1, -0.05) is 11.6 Å². The predicted octanol–water partition coefficient (Wildman–Crippen LogP) is 3.44. The summed E-state index contributed by atoms with van der Waals surface area (Å²) < 4.78 is 18.5. The van der Waals surface area contributed by atoms with Crippen LogP contribution in [0.1, 0.15) is 5.89 Å². The van der Waals surface area contributed by atoms with Gasteiger partial charge >= 0.3 is 0 Å². The van der Waals surface area contributed by atoms with Gasteiger partial charge in [-0.15, -0.1) is 0 Å². The lowest BCUT2D eigenvalue weighted by Gasteiger charge is -1.98. The lowest BCUT2D eigenvalue weighted by Crippen LogP contribution is -1.81. The third-order valence-corrected chi connectivity index (χ3v) is 2.05. The summed E-state index contributed by atoms with van der Waals surface area (Å²) >= 11 is 5.74. The molecule has 0 fully saturated rings. The maximum absolute atomic E-state index is 13.3. The molecule has 0 N–H and O–H groups in total. The van der Waals surface area contributed by atoms with Crippen LogP contribution in [0.3, 0.4) is 0 Å². The lowest BCUT2D eigenvalue weighted by molar-refractivity contribution is 0.528. The summed E-state index contributed by atoms with van der Waals surface area (Å²) in [6.07, 6.45) is 1.48. The first kappa shape index (κ1) is 9.21. The molecule has 0 aliphatic heterocycles. The van der Waals surface area contributed by atoms with Gasteiger partial charge in [-0.05, 0) is 18.2 Å². The van der Waals surface area contributed by atoms with Gasteiger partial charge in [0.05, 0.1) is 11.8 Å². The Kier molecular flexibility index (Phi) is 2.25. The molecule has 2 nitrogen and oxygen atoms in total. The fourth-order valence-corrected chi connectivity index (χ4v) is 1.34. The quantitative estimate of drug-likeness (QED) is 0.722. The van der Waals surface area contributed by atoms with Crippen molar-refractivity contribution in [3.8, 4) is 11.3 Å². The molecule has 0 amide bonds. The minimum Gasteiger partial charge on any atom is -0.441 e. The first-order valence-corrected chi connectivity index (χ1v) is 4.42. The summed E-state index contributed by atoms with van der Waals surface area (Å²) in [6, 6.07) is 4.30. The van der Waals surface area contributed by atoms with Crippen molar-refractivity contribution in [2.45, 2.75) is 6.92 Å². The topological polar surface area (TPSA) is 26.0 Å². The van der Waals surface area contributed by atoms with Gasteiger partial charge in [0.15, 0.2) is 11.7 Å². The van der Waals surface area contributed by atoms with E-state index in [0.29, 0.717) is 22.2 Å². The minimum absolute atomic E-state index is 0.332. The molecule has 0 atom stereocenters. The van der Waals surface area contributed by atoms with E-state index >= 15 is 0 Å². The zero-order valence-electron chi connectivity index (χ0n) is 7.42. The fourth-order valence-electron chi connectivity index (χ4n) is 1.17. The Labute approximate surface area is 85.3 Å². The van der Waals surface area contributed by atoms with Gasteiger partial charge in [0.2, 0.25) is 0 Å². The second-order valence-corrected chi connectivity index (χ2v) is 3.30. The Morgan fingerprint density at radius 2 is 2.21 bits per heavy atom. The standard InChI is InChI=1S/C10H7ClFNO/c1-6-13-5-10(14-6)8-4-7(11)2-3-9(8)12/h2-5H,1H3. The Balaban J connectivity index is 2.55. The van der Waals surface area contributed by atoms with Crippen molar-refractivity contribution >= 4 is 11.6 Å². The molecule has 0 saturated carbocycles. The highest BCUT2D eigenvalue weighted by Crippen LogP contribution is 2.26. The molecule has 4 heteroatoms. The first-order chi connectivity index (χ1) is 6.66. The second kappa shape index (κ2) is 3.42. The third-order valence-electron chi connectivity index (χ3n) is 1.82. The van der Waals surface area contributed by atoms with Gasteiger partial charge in [0.1, 0.15) is 5.82 Å². The molecule has 0 unspecified atom stereocenters. The van der Waals surface area contributed by atoms with Crippen LogP contribution in [0.25, 0.3) is 11.3 Å². The highest BCUT2D eigenvalue weighted by atomic mass is 35.5. The van der Waals surface area contributed by atoms with E-state index in [1.807, 2.05) is 0 Å². The van der Waals surface area contributed by atoms with E-state index in [-0.39, 0.29) is 5.82 Å². The Morgan fingerprint density at radius 3 is 2.86 bits per heavy atom. The lowest BCUT2D eigenvalue weighted by atomic mass is 10.2. The van der Waals surface area contributed by atoms with E-state index < -0.39 is 0 Å². The summed E-state index contributed by atoms with van der Waals surface area (Å²) in [6.45, 7) is 1.70. The first-order valence-electron chi connectivity index (χ1n) is 4.04. The molecule has 1 heterocycles. The van der Waals surface area contributed by atoms with Gasteiger partial charge in [0, 0.05) is 11.9 Å². The van der Waals surface area contributed by atoms with Crippen LogP contribution in [0.15, 0.2) is 28.8 Å². The smallest absolute Gasteiger partial charge is 0.191 e.